The Balaban J connectivity index is -0.000000125. The van der Waals surface area contributed by atoms with E-state index in [4.69, 9.17) is 0 Å². The molecule has 0 N–H and O–H groups in total. The van der Waals surface area contributed by atoms with Gasteiger partial charge in [-0.1, -0.05) is 18.6 Å². The summed E-state index contributed by atoms with van der Waals surface area (Å²) < 4.78 is 0. The predicted molar refractivity (Wildman–Crippen MR) is 42.9 cm³/mol. The summed E-state index contributed by atoms with van der Waals surface area (Å²) in [6, 6.07) is 0. The normalized spacial score (nSPS) is 8.50. The van der Waals surface area contributed by atoms with E-state index < -0.39 is 10.5 Å². The fourth-order valence-electron chi connectivity index (χ4n) is 0.218. The van der Waals surface area contributed by atoms with E-state index in [1.54, 1.807) is 0 Å². The highest BCUT2D eigenvalue weighted by Gasteiger charge is 2.03. The van der Waals surface area contributed by atoms with Crippen LogP contribution < -0.4 is 0 Å². The first kappa shape index (κ1) is 7.49. The average molecular weight is 234 g/mol. The molecule has 0 atom stereocenters. The number of halogens is 2. The Morgan fingerprint density at radius 3 is 2.17 bits per heavy atom. The molecule has 0 aliphatic carbocycles. The Morgan fingerprint density at radius 2 is 2.17 bits per heavy atom. The van der Waals surface area contributed by atoms with Gasteiger partial charge in [-0.25, -0.2) is 0 Å². The van der Waals surface area contributed by atoms with E-state index in [2.05, 4.69) is 35.0 Å². The molecule has 0 heterocycles. The van der Waals surface area contributed by atoms with Crippen LogP contribution in [-0.4, -0.2) is 10.5 Å². The molecule has 0 saturated carbocycles. The molecule has 0 aliphatic heterocycles. The van der Waals surface area contributed by atoms with E-state index in [1.165, 1.54) is 11.7 Å². The van der Waals surface area contributed by atoms with Crippen molar-refractivity contribution in [3.05, 3.63) is 0 Å². The molecule has 3 heteroatoms. The Morgan fingerprint density at radius 1 is 1.67 bits per heavy atom. The molecule has 0 aliphatic rings. The third-order valence-electron chi connectivity index (χ3n) is 0.507. The maximum absolute atomic E-state index is 3.49. The second-order valence-corrected chi connectivity index (χ2v) is 12.9. The van der Waals surface area contributed by atoms with Gasteiger partial charge in [0.05, 0.1) is 0 Å². The highest BCUT2D eigenvalue weighted by molar-refractivity contribution is 9.49. The summed E-state index contributed by atoms with van der Waals surface area (Å²) in [6.07, 6.45) is 1.30. The molecule has 0 fully saturated rings. The maximum atomic E-state index is 3.49. The molecule has 40 valence electrons. The largest absolute Gasteiger partial charge is 0.456 e. The predicted octanol–water partition coefficient (Wildman–Crippen LogP) is 3.17. The van der Waals surface area contributed by atoms with E-state index in [9.17, 15) is 0 Å². The summed E-state index contributed by atoms with van der Waals surface area (Å²) in [5.41, 5.74) is 0. The summed E-state index contributed by atoms with van der Waals surface area (Å²) in [5, 5.41) is 1.35. The van der Waals surface area contributed by atoms with E-state index in [0.29, 0.717) is 0 Å². The van der Waals surface area contributed by atoms with Crippen LogP contribution in [0.25, 0.3) is 0 Å². The number of rotatable bonds is 2. The molecule has 0 bridgehead atoms. The van der Waals surface area contributed by atoms with Crippen LogP contribution in [0.15, 0.2) is 0 Å². The van der Waals surface area contributed by atoms with Crippen molar-refractivity contribution in [1.82, 2.24) is 0 Å². The summed E-state index contributed by atoms with van der Waals surface area (Å²) in [7, 11) is -0.546. The second-order valence-electron chi connectivity index (χ2n) is 1.18. The highest BCUT2D eigenvalue weighted by atomic mass is 79.9. The van der Waals surface area contributed by atoms with Gasteiger partial charge in [-0.05, 0) is 0 Å². The molecular weight excluding hydrogens is 223 g/mol. The Kier molecular flexibility index (Phi) is 5.80. The quantitative estimate of drug-likeness (QED) is 0.643. The lowest BCUT2D eigenvalue weighted by Crippen LogP contribution is -1.84. The van der Waals surface area contributed by atoms with E-state index in [-0.39, 0.29) is 2.85 Å². The molecule has 0 radical (unpaired) electrons. The van der Waals surface area contributed by atoms with Crippen LogP contribution in [0.5, 0.6) is 0 Å². The maximum Gasteiger partial charge on any atom is 0.456 e. The van der Waals surface area contributed by atoms with Gasteiger partial charge in [-0.3, -0.25) is 0 Å². The fourth-order valence-corrected chi connectivity index (χ4v) is 3.40. The molecule has 6 heavy (non-hydrogen) atoms. The molecule has 0 rings (SSSR count). The zero-order valence-electron chi connectivity index (χ0n) is 3.75. The van der Waals surface area contributed by atoms with Crippen LogP contribution in [0, 0.1) is 0 Å². The SMILES string of the molecule is CC[CH2][Al]([Br])[Br].[HH].[HH]. The van der Waals surface area contributed by atoms with Gasteiger partial charge in [0, 0.05) is 2.85 Å². The molecule has 0 unspecified atom stereocenters. The van der Waals surface area contributed by atoms with Crippen LogP contribution in [0.4, 0.5) is 0 Å². The van der Waals surface area contributed by atoms with Crippen molar-refractivity contribution >= 4 is 38.6 Å². The van der Waals surface area contributed by atoms with Crippen molar-refractivity contribution in [2.24, 2.45) is 0 Å². The minimum atomic E-state index is -0.546. The van der Waals surface area contributed by atoms with Crippen molar-refractivity contribution in [1.29, 1.82) is 0 Å². The van der Waals surface area contributed by atoms with Crippen molar-refractivity contribution in [3.8, 4) is 0 Å². The molecule has 0 saturated heterocycles. The van der Waals surface area contributed by atoms with Crippen LogP contribution in [0.1, 0.15) is 16.2 Å². The summed E-state index contributed by atoms with van der Waals surface area (Å²) in [6.45, 7) is 2.20. The highest BCUT2D eigenvalue weighted by Crippen LogP contribution is 2.09. The number of hydrogen-bond acceptors (Lipinski definition) is 0. The van der Waals surface area contributed by atoms with Gasteiger partial charge in [-0.2, -0.15) is 28.1 Å². The van der Waals surface area contributed by atoms with Crippen molar-refractivity contribution < 1.29 is 2.85 Å². The third kappa shape index (κ3) is 5.49. The molecule has 0 aromatic rings. The standard InChI is InChI=1S/C3H7.Al.2BrH.2H2/c1-3-2;;;;;/h1,3H2,2H3;;4*1H/q;+2;;;;/p-2. The first-order valence-corrected chi connectivity index (χ1v) is 9.24. The van der Waals surface area contributed by atoms with Crippen LogP contribution in [0.3, 0.4) is 0 Å². The van der Waals surface area contributed by atoms with Gasteiger partial charge in [0.15, 0.2) is 0 Å². The lowest BCUT2D eigenvalue weighted by Gasteiger charge is -1.84. The van der Waals surface area contributed by atoms with Gasteiger partial charge in [-0.15, -0.1) is 0 Å². The van der Waals surface area contributed by atoms with Gasteiger partial charge in [0.1, 0.15) is 0 Å². The Labute approximate surface area is 60.0 Å². The minimum absolute atomic E-state index is 0. The fraction of sp³-hybridized carbons (Fsp3) is 1.00. The average Bonchev–Trinajstić information content (AvgIpc) is 1.35. The number of hydrogen-bond donors (Lipinski definition) is 0. The van der Waals surface area contributed by atoms with Crippen LogP contribution in [0.2, 0.25) is 5.28 Å². The smallest absolute Gasteiger partial charge is 0.197 e. The van der Waals surface area contributed by atoms with Crippen LogP contribution in [-0.2, 0) is 0 Å². The molecule has 0 amide bonds. The van der Waals surface area contributed by atoms with Gasteiger partial charge < -0.3 is 0 Å². The topological polar surface area (TPSA) is 0 Å². The lowest BCUT2D eigenvalue weighted by molar-refractivity contribution is 1.08. The van der Waals surface area contributed by atoms with Gasteiger partial charge >= 0.3 is 10.5 Å². The zero-order valence-corrected chi connectivity index (χ0v) is 8.07. The zero-order chi connectivity index (χ0) is 4.99. The van der Waals surface area contributed by atoms with Crippen molar-refractivity contribution in [3.63, 3.8) is 0 Å². The van der Waals surface area contributed by atoms with E-state index >= 15 is 0 Å². The summed E-state index contributed by atoms with van der Waals surface area (Å²) in [5.74, 6) is 0. The van der Waals surface area contributed by atoms with E-state index in [1.807, 2.05) is 0 Å². The minimum Gasteiger partial charge on any atom is -0.197 e. The first-order valence-electron chi connectivity index (χ1n) is 2.05. The first-order chi connectivity index (χ1) is 2.77. The molecule has 0 aromatic carbocycles. The Hall–Kier alpha value is 1.49. The van der Waals surface area contributed by atoms with Crippen molar-refractivity contribution in [2.75, 3.05) is 0 Å². The summed E-state index contributed by atoms with van der Waals surface area (Å²) >= 11 is 6.98. The molecular formula is C3H11AlBr2. The Bertz CT molecular complexity index is 36.5. The molecule has 0 spiro atoms. The monoisotopic (exact) mass is 232 g/mol. The summed E-state index contributed by atoms with van der Waals surface area (Å²) in [4.78, 5) is 0. The lowest BCUT2D eigenvalue weighted by atomic mass is 10.6. The van der Waals surface area contributed by atoms with E-state index in [0.717, 1.165) is 0 Å². The second kappa shape index (κ2) is 4.65. The molecule has 0 nitrogen and oxygen atoms in total. The van der Waals surface area contributed by atoms with Crippen molar-refractivity contribution in [2.45, 2.75) is 18.6 Å². The van der Waals surface area contributed by atoms with Gasteiger partial charge in [0.2, 0.25) is 0 Å². The molecule has 0 aromatic heterocycles. The third-order valence-corrected chi connectivity index (χ3v) is 4.27. The van der Waals surface area contributed by atoms with Gasteiger partial charge in [0.25, 0.3) is 0 Å². The van der Waals surface area contributed by atoms with Crippen LogP contribution >= 0.6 is 28.1 Å².